The molecule has 0 heterocycles. The lowest BCUT2D eigenvalue weighted by molar-refractivity contribution is -0.143. The maximum atomic E-state index is 12.7. The lowest BCUT2D eigenvalue weighted by atomic mass is 9.97. The van der Waals surface area contributed by atoms with Crippen molar-refractivity contribution < 1.29 is 28.6 Å². The molecule has 2 aromatic rings. The largest absolute Gasteiger partial charge is 0.496 e. The van der Waals surface area contributed by atoms with Crippen LogP contribution in [0.25, 0.3) is 6.08 Å². The SMILES string of the molecule is CCc1cc(C=CC(=O)c2ccc(OC(=O)C(C)(C)C)cc2)c(OC)cc1OC(=O)C(C)(C)C. The van der Waals surface area contributed by atoms with Crippen LogP contribution in [0, 0.1) is 10.8 Å². The average Bonchev–Trinajstić information content (AvgIpc) is 2.76. The third-order valence-corrected chi connectivity index (χ3v) is 4.98. The Bertz CT molecular complexity index is 1080. The van der Waals surface area contributed by atoms with Crippen molar-refractivity contribution in [2.75, 3.05) is 7.11 Å². The Balaban J connectivity index is 2.23. The van der Waals surface area contributed by atoms with Crippen molar-refractivity contribution in [3.8, 4) is 17.2 Å². The van der Waals surface area contributed by atoms with Crippen molar-refractivity contribution in [2.24, 2.45) is 10.8 Å². The monoisotopic (exact) mass is 466 g/mol. The van der Waals surface area contributed by atoms with Gasteiger partial charge in [0.2, 0.25) is 0 Å². The molecule has 0 amide bonds. The molecule has 0 aliphatic heterocycles. The molecule has 0 aliphatic rings. The van der Waals surface area contributed by atoms with Gasteiger partial charge in [0.25, 0.3) is 0 Å². The zero-order chi connectivity index (χ0) is 25.7. The standard InChI is InChI=1S/C28H34O6/c1-9-18-16-20(23(32-8)17-24(18)34-26(31)28(5,6)7)12-15-22(29)19-10-13-21(14-11-19)33-25(30)27(2,3)4/h10-17H,9H2,1-8H3. The molecule has 0 aromatic heterocycles. The number of benzene rings is 2. The Hall–Kier alpha value is -3.41. The van der Waals surface area contributed by atoms with E-state index in [-0.39, 0.29) is 17.7 Å². The van der Waals surface area contributed by atoms with Crippen LogP contribution in [0.2, 0.25) is 0 Å². The van der Waals surface area contributed by atoms with Crippen molar-refractivity contribution in [1.29, 1.82) is 0 Å². The van der Waals surface area contributed by atoms with Crippen LogP contribution in [0.3, 0.4) is 0 Å². The fraction of sp³-hybridized carbons (Fsp3) is 0.393. The van der Waals surface area contributed by atoms with Crippen molar-refractivity contribution in [1.82, 2.24) is 0 Å². The van der Waals surface area contributed by atoms with Gasteiger partial charge < -0.3 is 14.2 Å². The van der Waals surface area contributed by atoms with Gasteiger partial charge >= 0.3 is 11.9 Å². The molecular weight excluding hydrogens is 432 g/mol. The number of esters is 2. The minimum atomic E-state index is -0.635. The first kappa shape index (κ1) is 26.8. The maximum Gasteiger partial charge on any atom is 0.316 e. The van der Waals surface area contributed by atoms with Crippen LogP contribution < -0.4 is 14.2 Å². The van der Waals surface area contributed by atoms with E-state index in [4.69, 9.17) is 14.2 Å². The van der Waals surface area contributed by atoms with Gasteiger partial charge in [0.15, 0.2) is 5.78 Å². The van der Waals surface area contributed by atoms with Crippen molar-refractivity contribution in [3.05, 3.63) is 59.2 Å². The van der Waals surface area contributed by atoms with E-state index in [1.54, 1.807) is 78.0 Å². The van der Waals surface area contributed by atoms with Crippen molar-refractivity contribution in [2.45, 2.75) is 54.9 Å². The molecule has 2 aromatic carbocycles. The lowest BCUT2D eigenvalue weighted by Gasteiger charge is -2.19. The smallest absolute Gasteiger partial charge is 0.316 e. The summed E-state index contributed by atoms with van der Waals surface area (Å²) in [6, 6.07) is 9.94. The highest BCUT2D eigenvalue weighted by Crippen LogP contribution is 2.32. The molecule has 0 unspecified atom stereocenters. The Morgan fingerprint density at radius 3 is 1.88 bits per heavy atom. The fourth-order valence-corrected chi connectivity index (χ4v) is 2.77. The third-order valence-electron chi connectivity index (χ3n) is 4.98. The fourth-order valence-electron chi connectivity index (χ4n) is 2.77. The predicted molar refractivity (Wildman–Crippen MR) is 132 cm³/mol. The summed E-state index contributed by atoms with van der Waals surface area (Å²) in [5.41, 5.74) is 0.727. The third kappa shape index (κ3) is 7.04. The number of hydrogen-bond donors (Lipinski definition) is 0. The number of carbonyl (C=O) groups excluding carboxylic acids is 3. The lowest BCUT2D eigenvalue weighted by Crippen LogP contribution is -2.26. The quantitative estimate of drug-likeness (QED) is 0.214. The van der Waals surface area contributed by atoms with Gasteiger partial charge in [0.05, 0.1) is 17.9 Å². The number of ketones is 1. The number of ether oxygens (including phenoxy) is 3. The summed E-state index contributed by atoms with van der Waals surface area (Å²) < 4.78 is 16.4. The van der Waals surface area contributed by atoms with Crippen LogP contribution in [0.15, 0.2) is 42.5 Å². The second kappa shape index (κ2) is 10.7. The van der Waals surface area contributed by atoms with E-state index < -0.39 is 10.8 Å². The van der Waals surface area contributed by atoms with E-state index in [0.29, 0.717) is 34.8 Å². The van der Waals surface area contributed by atoms with Gasteiger partial charge in [-0.05, 0) is 96.0 Å². The first-order valence-corrected chi connectivity index (χ1v) is 11.2. The maximum absolute atomic E-state index is 12.7. The van der Waals surface area contributed by atoms with Crippen LogP contribution in [0.5, 0.6) is 17.2 Å². The van der Waals surface area contributed by atoms with Gasteiger partial charge in [-0.3, -0.25) is 14.4 Å². The first-order valence-electron chi connectivity index (χ1n) is 11.2. The average molecular weight is 467 g/mol. The summed E-state index contributed by atoms with van der Waals surface area (Å²) in [5.74, 6) is 0.430. The molecule has 34 heavy (non-hydrogen) atoms. The van der Waals surface area contributed by atoms with Crippen LogP contribution in [0.4, 0.5) is 0 Å². The number of rotatable bonds is 7. The van der Waals surface area contributed by atoms with E-state index in [1.165, 1.54) is 13.2 Å². The first-order chi connectivity index (χ1) is 15.8. The number of aryl methyl sites for hydroxylation is 1. The minimum absolute atomic E-state index is 0.211. The van der Waals surface area contributed by atoms with Gasteiger partial charge in [-0.1, -0.05) is 6.92 Å². The molecule has 0 saturated heterocycles. The second-order valence-electron chi connectivity index (χ2n) is 10.1. The molecule has 6 heteroatoms. The van der Waals surface area contributed by atoms with E-state index in [1.807, 2.05) is 13.0 Å². The molecule has 0 bridgehead atoms. The minimum Gasteiger partial charge on any atom is -0.496 e. The van der Waals surface area contributed by atoms with E-state index in [9.17, 15) is 14.4 Å². The summed E-state index contributed by atoms with van der Waals surface area (Å²) in [7, 11) is 1.52. The molecule has 0 saturated carbocycles. The van der Waals surface area contributed by atoms with Crippen molar-refractivity contribution in [3.63, 3.8) is 0 Å². The molecule has 0 spiro atoms. The summed E-state index contributed by atoms with van der Waals surface area (Å²) in [5, 5.41) is 0. The molecule has 2 rings (SSSR count). The molecule has 0 aliphatic carbocycles. The van der Waals surface area contributed by atoms with E-state index in [0.717, 1.165) is 5.56 Å². The van der Waals surface area contributed by atoms with E-state index >= 15 is 0 Å². The number of methoxy groups -OCH3 is 1. The van der Waals surface area contributed by atoms with Crippen LogP contribution >= 0.6 is 0 Å². The van der Waals surface area contributed by atoms with Crippen molar-refractivity contribution >= 4 is 23.8 Å². The summed E-state index contributed by atoms with van der Waals surface area (Å²) in [6.45, 7) is 12.7. The Kier molecular flexibility index (Phi) is 8.43. The molecule has 6 nitrogen and oxygen atoms in total. The Labute approximate surface area is 201 Å². The summed E-state index contributed by atoms with van der Waals surface area (Å²) in [6.07, 6.45) is 3.76. The van der Waals surface area contributed by atoms with E-state index in [2.05, 4.69) is 0 Å². The zero-order valence-electron chi connectivity index (χ0n) is 21.3. The Morgan fingerprint density at radius 1 is 0.824 bits per heavy atom. The Morgan fingerprint density at radius 2 is 1.38 bits per heavy atom. The highest BCUT2D eigenvalue weighted by atomic mass is 16.5. The van der Waals surface area contributed by atoms with Crippen LogP contribution in [-0.2, 0) is 16.0 Å². The number of carbonyl (C=O) groups is 3. The molecule has 0 atom stereocenters. The number of allylic oxidation sites excluding steroid dienone is 1. The van der Waals surface area contributed by atoms with Gasteiger partial charge in [-0.2, -0.15) is 0 Å². The molecule has 0 fully saturated rings. The molecule has 182 valence electrons. The highest BCUT2D eigenvalue weighted by molar-refractivity contribution is 6.07. The topological polar surface area (TPSA) is 78.9 Å². The van der Waals surface area contributed by atoms with Crippen LogP contribution in [0.1, 0.15) is 70.0 Å². The molecular formula is C28H34O6. The summed E-state index contributed by atoms with van der Waals surface area (Å²) in [4.78, 5) is 37.0. The van der Waals surface area contributed by atoms with Crippen LogP contribution in [-0.4, -0.2) is 24.8 Å². The van der Waals surface area contributed by atoms with Gasteiger partial charge in [0, 0.05) is 17.2 Å². The molecule has 0 N–H and O–H groups in total. The van der Waals surface area contributed by atoms with Gasteiger partial charge in [-0.25, -0.2) is 0 Å². The second-order valence-corrected chi connectivity index (χ2v) is 10.1. The highest BCUT2D eigenvalue weighted by Gasteiger charge is 2.25. The van der Waals surface area contributed by atoms with Gasteiger partial charge in [0.1, 0.15) is 17.2 Å². The number of hydrogen-bond acceptors (Lipinski definition) is 6. The predicted octanol–water partition coefficient (Wildman–Crippen LogP) is 6.06. The molecule has 0 radical (unpaired) electrons. The zero-order valence-corrected chi connectivity index (χ0v) is 21.3. The normalized spacial score (nSPS) is 11.9. The summed E-state index contributed by atoms with van der Waals surface area (Å²) >= 11 is 0. The van der Waals surface area contributed by atoms with Gasteiger partial charge in [-0.15, -0.1) is 0 Å².